The molecule has 0 atom stereocenters. The SMILES string of the molecule is CCCN(CCNS(=O)(=O)c1ccc(CC)cc1)S(C)(=O)=O. The van der Waals surface area contributed by atoms with Crippen LogP contribution in [0.25, 0.3) is 0 Å². The Morgan fingerprint density at radius 2 is 1.59 bits per heavy atom. The molecule has 0 heterocycles. The Morgan fingerprint density at radius 1 is 1.00 bits per heavy atom. The van der Waals surface area contributed by atoms with E-state index in [1.165, 1.54) is 4.31 Å². The summed E-state index contributed by atoms with van der Waals surface area (Å²) in [6.45, 7) is 4.42. The van der Waals surface area contributed by atoms with Gasteiger partial charge in [0, 0.05) is 19.6 Å². The van der Waals surface area contributed by atoms with Gasteiger partial charge < -0.3 is 0 Å². The molecule has 0 aliphatic rings. The lowest BCUT2D eigenvalue weighted by Crippen LogP contribution is -2.38. The second kappa shape index (κ2) is 8.05. The molecule has 1 rings (SSSR count). The Hall–Kier alpha value is -0.960. The van der Waals surface area contributed by atoms with Gasteiger partial charge >= 0.3 is 0 Å². The molecule has 1 N–H and O–H groups in total. The molecule has 0 saturated carbocycles. The average molecular weight is 348 g/mol. The molecule has 22 heavy (non-hydrogen) atoms. The van der Waals surface area contributed by atoms with Crippen molar-refractivity contribution in [1.82, 2.24) is 9.03 Å². The molecule has 8 heteroatoms. The van der Waals surface area contributed by atoms with Gasteiger partial charge in [-0.3, -0.25) is 0 Å². The summed E-state index contributed by atoms with van der Waals surface area (Å²) in [4.78, 5) is 0.186. The molecule has 0 unspecified atom stereocenters. The van der Waals surface area contributed by atoms with E-state index >= 15 is 0 Å². The fraction of sp³-hybridized carbons (Fsp3) is 0.571. The zero-order valence-corrected chi connectivity index (χ0v) is 14.9. The third kappa shape index (κ3) is 5.68. The number of nitrogens with zero attached hydrogens (tertiary/aromatic N) is 1. The quantitative estimate of drug-likeness (QED) is 0.727. The predicted octanol–water partition coefficient (Wildman–Crippen LogP) is 1.20. The molecule has 0 spiro atoms. The number of aryl methyl sites for hydroxylation is 1. The summed E-state index contributed by atoms with van der Waals surface area (Å²) in [5, 5.41) is 0. The van der Waals surface area contributed by atoms with Gasteiger partial charge in [0.05, 0.1) is 11.2 Å². The molecule has 0 aliphatic carbocycles. The predicted molar refractivity (Wildman–Crippen MR) is 87.7 cm³/mol. The number of rotatable bonds is 9. The van der Waals surface area contributed by atoms with Crippen molar-refractivity contribution in [3.63, 3.8) is 0 Å². The lowest BCUT2D eigenvalue weighted by Gasteiger charge is -2.19. The van der Waals surface area contributed by atoms with E-state index in [2.05, 4.69) is 4.72 Å². The fourth-order valence-corrected chi connectivity index (χ4v) is 3.94. The van der Waals surface area contributed by atoms with Crippen molar-refractivity contribution < 1.29 is 16.8 Å². The molecule has 0 amide bonds. The first kappa shape index (κ1) is 19.1. The van der Waals surface area contributed by atoms with Crippen molar-refractivity contribution in [3.8, 4) is 0 Å². The smallest absolute Gasteiger partial charge is 0.213 e. The monoisotopic (exact) mass is 348 g/mol. The lowest BCUT2D eigenvalue weighted by molar-refractivity contribution is 0.416. The highest BCUT2D eigenvalue weighted by atomic mass is 32.2. The van der Waals surface area contributed by atoms with Crippen molar-refractivity contribution in [2.75, 3.05) is 25.9 Å². The van der Waals surface area contributed by atoms with Crippen molar-refractivity contribution in [2.45, 2.75) is 31.6 Å². The highest BCUT2D eigenvalue weighted by Gasteiger charge is 2.18. The van der Waals surface area contributed by atoms with E-state index in [-0.39, 0.29) is 18.0 Å². The topological polar surface area (TPSA) is 83.6 Å². The lowest BCUT2D eigenvalue weighted by atomic mass is 10.2. The van der Waals surface area contributed by atoms with Crippen LogP contribution in [0.2, 0.25) is 0 Å². The van der Waals surface area contributed by atoms with E-state index in [0.29, 0.717) is 13.0 Å². The van der Waals surface area contributed by atoms with Crippen LogP contribution < -0.4 is 4.72 Å². The molecule has 6 nitrogen and oxygen atoms in total. The molecule has 0 radical (unpaired) electrons. The second-order valence-electron chi connectivity index (χ2n) is 5.06. The summed E-state index contributed by atoms with van der Waals surface area (Å²) in [6.07, 6.45) is 2.65. The summed E-state index contributed by atoms with van der Waals surface area (Å²) >= 11 is 0. The molecule has 0 fully saturated rings. The first-order valence-corrected chi connectivity index (χ1v) is 10.6. The summed E-state index contributed by atoms with van der Waals surface area (Å²) < 4.78 is 51.1. The van der Waals surface area contributed by atoms with Gasteiger partial charge in [-0.1, -0.05) is 26.0 Å². The van der Waals surface area contributed by atoms with Crippen LogP contribution in [0, 0.1) is 0 Å². The van der Waals surface area contributed by atoms with Crippen molar-refractivity contribution in [2.24, 2.45) is 0 Å². The van der Waals surface area contributed by atoms with E-state index in [0.717, 1.165) is 18.2 Å². The van der Waals surface area contributed by atoms with Crippen LogP contribution in [0.4, 0.5) is 0 Å². The van der Waals surface area contributed by atoms with Crippen molar-refractivity contribution in [1.29, 1.82) is 0 Å². The van der Waals surface area contributed by atoms with Crippen molar-refractivity contribution >= 4 is 20.0 Å². The van der Waals surface area contributed by atoms with E-state index < -0.39 is 20.0 Å². The maximum absolute atomic E-state index is 12.1. The zero-order valence-electron chi connectivity index (χ0n) is 13.2. The standard InChI is InChI=1S/C14H24N2O4S2/c1-4-11-16(21(3,17)18)12-10-15-22(19,20)14-8-6-13(5-2)7-9-14/h6-9,15H,4-5,10-12H2,1-3H3. The number of nitrogens with one attached hydrogen (secondary N) is 1. The molecule has 126 valence electrons. The van der Waals surface area contributed by atoms with Gasteiger partial charge in [0.25, 0.3) is 0 Å². The van der Waals surface area contributed by atoms with Crippen LogP contribution in [0.3, 0.4) is 0 Å². The molecular formula is C14H24N2O4S2. The van der Waals surface area contributed by atoms with E-state index in [1.54, 1.807) is 24.3 Å². The van der Waals surface area contributed by atoms with Gasteiger partial charge in [-0.05, 0) is 30.5 Å². The molecule has 0 saturated heterocycles. The third-order valence-electron chi connectivity index (χ3n) is 3.24. The van der Waals surface area contributed by atoms with Gasteiger partial charge in [-0.2, -0.15) is 0 Å². The van der Waals surface area contributed by atoms with Crippen LogP contribution >= 0.6 is 0 Å². The summed E-state index contributed by atoms with van der Waals surface area (Å²) in [6, 6.07) is 6.66. The number of hydrogen-bond acceptors (Lipinski definition) is 4. The number of sulfonamides is 2. The Morgan fingerprint density at radius 3 is 2.05 bits per heavy atom. The first-order valence-electron chi connectivity index (χ1n) is 7.24. The highest BCUT2D eigenvalue weighted by Crippen LogP contribution is 2.10. The van der Waals surface area contributed by atoms with E-state index in [1.807, 2.05) is 13.8 Å². The van der Waals surface area contributed by atoms with Crippen LogP contribution in [-0.4, -0.2) is 47.0 Å². The Kier molecular flexibility index (Phi) is 6.98. The molecule has 0 aliphatic heterocycles. The van der Waals surface area contributed by atoms with Gasteiger partial charge in [0.2, 0.25) is 20.0 Å². The second-order valence-corrected chi connectivity index (χ2v) is 8.81. The minimum Gasteiger partial charge on any atom is -0.213 e. The van der Waals surface area contributed by atoms with Gasteiger partial charge in [-0.15, -0.1) is 0 Å². The van der Waals surface area contributed by atoms with Crippen LogP contribution in [0.5, 0.6) is 0 Å². The maximum atomic E-state index is 12.1. The van der Waals surface area contributed by atoms with Gasteiger partial charge in [-0.25, -0.2) is 25.9 Å². The Balaban J connectivity index is 2.68. The molecule has 1 aromatic rings. The van der Waals surface area contributed by atoms with Gasteiger partial charge in [0.1, 0.15) is 0 Å². The van der Waals surface area contributed by atoms with Crippen LogP contribution in [0.15, 0.2) is 29.2 Å². The molecule has 1 aromatic carbocycles. The molecule has 0 bridgehead atoms. The third-order valence-corrected chi connectivity index (χ3v) is 6.02. The fourth-order valence-electron chi connectivity index (χ4n) is 1.99. The number of hydrogen-bond donors (Lipinski definition) is 1. The van der Waals surface area contributed by atoms with E-state index in [9.17, 15) is 16.8 Å². The van der Waals surface area contributed by atoms with E-state index in [4.69, 9.17) is 0 Å². The Bertz CT molecular complexity index is 667. The minimum absolute atomic E-state index is 0.0466. The van der Waals surface area contributed by atoms with Gasteiger partial charge in [0.15, 0.2) is 0 Å². The average Bonchev–Trinajstić information content (AvgIpc) is 2.45. The summed E-state index contributed by atoms with van der Waals surface area (Å²) in [7, 11) is -6.93. The molecule has 0 aromatic heterocycles. The largest absolute Gasteiger partial charge is 0.240 e. The van der Waals surface area contributed by atoms with Crippen LogP contribution in [0.1, 0.15) is 25.8 Å². The zero-order chi connectivity index (χ0) is 16.8. The number of benzene rings is 1. The summed E-state index contributed by atoms with van der Waals surface area (Å²) in [5.41, 5.74) is 1.06. The normalized spacial score (nSPS) is 12.7. The molecular weight excluding hydrogens is 324 g/mol. The summed E-state index contributed by atoms with van der Waals surface area (Å²) in [5.74, 6) is 0. The highest BCUT2D eigenvalue weighted by molar-refractivity contribution is 7.89. The maximum Gasteiger partial charge on any atom is 0.240 e. The first-order chi connectivity index (χ1) is 10.2. The Labute approximate surface area is 133 Å². The van der Waals surface area contributed by atoms with Crippen molar-refractivity contribution in [3.05, 3.63) is 29.8 Å². The minimum atomic E-state index is -3.61. The van der Waals surface area contributed by atoms with Crippen LogP contribution in [-0.2, 0) is 26.5 Å².